The van der Waals surface area contributed by atoms with Crippen molar-refractivity contribution in [3.63, 3.8) is 0 Å². The number of esters is 1. The molecule has 0 aromatic heterocycles. The first-order valence-corrected chi connectivity index (χ1v) is 12.0. The number of likely N-dealkylation sites (tertiary alicyclic amines) is 1. The van der Waals surface area contributed by atoms with Gasteiger partial charge in [0, 0.05) is 23.7 Å². The van der Waals surface area contributed by atoms with E-state index >= 15 is 0 Å². The molecule has 5 nitrogen and oxygen atoms in total. The van der Waals surface area contributed by atoms with E-state index in [0.717, 1.165) is 33.2 Å². The summed E-state index contributed by atoms with van der Waals surface area (Å²) in [6, 6.07) is 29.9. The summed E-state index contributed by atoms with van der Waals surface area (Å²) in [5.41, 5.74) is 1.29. The van der Waals surface area contributed by atoms with Gasteiger partial charge in [-0.15, -0.1) is 0 Å². The van der Waals surface area contributed by atoms with Crippen LogP contribution in [0.1, 0.15) is 22.6 Å². The number of para-hydroxylation sites is 2. The van der Waals surface area contributed by atoms with E-state index in [0.29, 0.717) is 18.7 Å². The first-order chi connectivity index (χ1) is 17.1. The first-order valence-electron chi connectivity index (χ1n) is 12.0. The van der Waals surface area contributed by atoms with Crippen LogP contribution in [0.2, 0.25) is 0 Å². The van der Waals surface area contributed by atoms with Crippen LogP contribution in [0.5, 0.6) is 5.75 Å². The van der Waals surface area contributed by atoms with Crippen LogP contribution in [0.4, 0.5) is 5.69 Å². The summed E-state index contributed by atoms with van der Waals surface area (Å²) in [4.78, 5) is 30.5. The number of carbonyl (C=O) groups is 2. The summed E-state index contributed by atoms with van der Waals surface area (Å²) in [6.45, 7) is 0.549. The molecule has 3 aliphatic rings. The Hall–Kier alpha value is -3.96. The molecule has 4 aromatic rings. The lowest BCUT2D eigenvalue weighted by molar-refractivity contribution is -0.160. The fraction of sp³-hybridized carbons (Fsp3) is 0.200. The molecule has 5 heteroatoms. The average molecular weight is 461 g/mol. The van der Waals surface area contributed by atoms with E-state index in [1.807, 2.05) is 73.8 Å². The zero-order valence-corrected chi connectivity index (χ0v) is 19.3. The molecule has 0 radical (unpaired) electrons. The molecular weight excluding hydrogens is 436 g/mol. The molecule has 7 rings (SSSR count). The molecule has 0 aliphatic carbocycles. The fourth-order valence-corrected chi connectivity index (χ4v) is 7.00. The molecule has 0 bridgehead atoms. The summed E-state index contributed by atoms with van der Waals surface area (Å²) >= 11 is 0. The molecule has 2 spiro atoms. The number of anilines is 1. The van der Waals surface area contributed by atoms with E-state index in [4.69, 9.17) is 4.74 Å². The Bertz CT molecular complexity index is 1540. The molecule has 3 aliphatic heterocycles. The molecule has 0 unspecified atom stereocenters. The van der Waals surface area contributed by atoms with E-state index < -0.39 is 11.0 Å². The summed E-state index contributed by atoms with van der Waals surface area (Å²) in [6.07, 6.45) is 0.419. The standard InChI is InChI=1S/C30H24N2O3/c1-32-18-24(22-13-8-11-19-9-2-4-12-21(19)22)29(17-20-10-3-7-16-26(20)35-28(29)34)30(32)23-14-5-6-15-25(23)31-27(30)33/h2-16,24H,17-18H2,1H3,(H,31,33)/t24-,29+,30+/m0/s1. The SMILES string of the molecule is CN1C[C@@H](c2cccc3ccccc23)[C@@]2(Cc3ccccc3OC2=O)[C@@]12C(=O)Nc1ccccc12. The highest BCUT2D eigenvalue weighted by atomic mass is 16.5. The van der Waals surface area contributed by atoms with Crippen LogP contribution >= 0.6 is 0 Å². The third-order valence-electron chi connectivity index (χ3n) is 8.37. The van der Waals surface area contributed by atoms with Crippen molar-refractivity contribution in [2.75, 3.05) is 18.9 Å². The zero-order chi connectivity index (χ0) is 23.8. The maximum Gasteiger partial charge on any atom is 0.321 e. The Kier molecular flexibility index (Phi) is 4.10. The Morgan fingerprint density at radius 2 is 1.63 bits per heavy atom. The second-order valence-electron chi connectivity index (χ2n) is 9.86. The molecule has 3 heterocycles. The minimum atomic E-state index is -1.18. The van der Waals surface area contributed by atoms with Gasteiger partial charge in [-0.2, -0.15) is 0 Å². The van der Waals surface area contributed by atoms with Crippen molar-refractivity contribution < 1.29 is 14.3 Å². The number of carbonyl (C=O) groups excluding carboxylic acids is 2. The van der Waals surface area contributed by atoms with Crippen molar-refractivity contribution >= 4 is 28.3 Å². The van der Waals surface area contributed by atoms with Gasteiger partial charge in [0.25, 0.3) is 5.91 Å². The number of likely N-dealkylation sites (N-methyl/N-ethyl adjacent to an activating group) is 1. The van der Waals surface area contributed by atoms with Crippen molar-refractivity contribution in [1.29, 1.82) is 0 Å². The summed E-state index contributed by atoms with van der Waals surface area (Å²) < 4.78 is 6.09. The predicted octanol–water partition coefficient (Wildman–Crippen LogP) is 4.86. The quantitative estimate of drug-likeness (QED) is 0.325. The molecule has 1 saturated heterocycles. The number of fused-ring (bicyclic) bond motifs is 5. The fourth-order valence-electron chi connectivity index (χ4n) is 7.00. The van der Waals surface area contributed by atoms with Crippen LogP contribution < -0.4 is 10.1 Å². The number of benzene rings is 4. The molecule has 1 N–H and O–H groups in total. The van der Waals surface area contributed by atoms with Crippen LogP contribution in [-0.4, -0.2) is 30.4 Å². The van der Waals surface area contributed by atoms with Gasteiger partial charge < -0.3 is 10.1 Å². The topological polar surface area (TPSA) is 58.6 Å². The van der Waals surface area contributed by atoms with Crippen LogP contribution in [-0.2, 0) is 21.5 Å². The molecule has 4 aromatic carbocycles. The van der Waals surface area contributed by atoms with E-state index in [2.05, 4.69) is 34.5 Å². The second kappa shape index (κ2) is 7.03. The number of nitrogens with zero attached hydrogens (tertiary/aromatic N) is 1. The van der Waals surface area contributed by atoms with E-state index in [1.165, 1.54) is 0 Å². The molecule has 35 heavy (non-hydrogen) atoms. The van der Waals surface area contributed by atoms with Crippen LogP contribution in [0, 0.1) is 5.41 Å². The minimum absolute atomic E-state index is 0.166. The van der Waals surface area contributed by atoms with E-state index in [1.54, 1.807) is 0 Å². The molecule has 0 saturated carbocycles. The van der Waals surface area contributed by atoms with Crippen molar-refractivity contribution in [3.05, 3.63) is 108 Å². The van der Waals surface area contributed by atoms with Crippen molar-refractivity contribution in [3.8, 4) is 5.75 Å². The molecule has 1 amide bonds. The van der Waals surface area contributed by atoms with Gasteiger partial charge in [-0.3, -0.25) is 14.5 Å². The monoisotopic (exact) mass is 460 g/mol. The lowest BCUT2D eigenvalue weighted by Crippen LogP contribution is -2.61. The third-order valence-corrected chi connectivity index (χ3v) is 8.37. The number of amides is 1. The van der Waals surface area contributed by atoms with Gasteiger partial charge in [0.05, 0.1) is 0 Å². The highest BCUT2D eigenvalue weighted by Gasteiger charge is 2.75. The third kappa shape index (κ3) is 2.41. The normalized spacial score (nSPS) is 27.2. The van der Waals surface area contributed by atoms with Crippen molar-refractivity contribution in [2.45, 2.75) is 17.9 Å². The lowest BCUT2D eigenvalue weighted by Gasteiger charge is -2.47. The van der Waals surface area contributed by atoms with Gasteiger partial charge in [-0.1, -0.05) is 78.9 Å². The highest BCUT2D eigenvalue weighted by Crippen LogP contribution is 2.65. The lowest BCUT2D eigenvalue weighted by atomic mass is 9.57. The zero-order valence-electron chi connectivity index (χ0n) is 19.3. The molecule has 3 atom stereocenters. The highest BCUT2D eigenvalue weighted by molar-refractivity contribution is 6.11. The number of rotatable bonds is 1. The van der Waals surface area contributed by atoms with Gasteiger partial charge in [0.2, 0.25) is 0 Å². The summed E-state index contributed by atoms with van der Waals surface area (Å²) in [7, 11) is 1.96. The maximum atomic E-state index is 14.3. The predicted molar refractivity (Wildman–Crippen MR) is 134 cm³/mol. The number of nitrogens with one attached hydrogen (secondary N) is 1. The van der Waals surface area contributed by atoms with Gasteiger partial charge >= 0.3 is 5.97 Å². The second-order valence-corrected chi connectivity index (χ2v) is 9.86. The van der Waals surface area contributed by atoms with E-state index in [-0.39, 0.29) is 17.8 Å². The maximum absolute atomic E-state index is 14.3. The van der Waals surface area contributed by atoms with Crippen LogP contribution in [0.25, 0.3) is 10.8 Å². The number of hydrogen-bond acceptors (Lipinski definition) is 4. The van der Waals surface area contributed by atoms with Gasteiger partial charge in [-0.25, -0.2) is 0 Å². The van der Waals surface area contributed by atoms with Gasteiger partial charge in [0.1, 0.15) is 16.7 Å². The average Bonchev–Trinajstić information content (AvgIpc) is 3.32. The molecular formula is C30H24N2O3. The van der Waals surface area contributed by atoms with Gasteiger partial charge in [0.15, 0.2) is 0 Å². The minimum Gasteiger partial charge on any atom is -0.426 e. The molecule has 172 valence electrons. The number of hydrogen-bond donors (Lipinski definition) is 1. The molecule has 1 fully saturated rings. The number of ether oxygens (including phenoxy) is 1. The Labute approximate surface area is 203 Å². The van der Waals surface area contributed by atoms with E-state index in [9.17, 15) is 9.59 Å². The largest absolute Gasteiger partial charge is 0.426 e. The van der Waals surface area contributed by atoms with Crippen LogP contribution in [0.3, 0.4) is 0 Å². The summed E-state index contributed by atoms with van der Waals surface area (Å²) in [5.74, 6) is -0.182. The van der Waals surface area contributed by atoms with Crippen LogP contribution in [0.15, 0.2) is 91.0 Å². The first kappa shape index (κ1) is 20.4. The summed E-state index contributed by atoms with van der Waals surface area (Å²) in [5, 5.41) is 5.31. The van der Waals surface area contributed by atoms with Crippen molar-refractivity contribution in [1.82, 2.24) is 4.90 Å². The van der Waals surface area contributed by atoms with Gasteiger partial charge in [-0.05, 0) is 47.5 Å². The Morgan fingerprint density at radius 3 is 2.54 bits per heavy atom. The Morgan fingerprint density at radius 1 is 0.886 bits per heavy atom. The Balaban J connectivity index is 1.57. The van der Waals surface area contributed by atoms with Crippen molar-refractivity contribution in [2.24, 2.45) is 5.41 Å². The smallest absolute Gasteiger partial charge is 0.321 e.